The highest BCUT2D eigenvalue weighted by Crippen LogP contribution is 2.25. The molecular formula is C15H27N5O. The topological polar surface area (TPSA) is 55.2 Å². The number of likely N-dealkylation sites (tertiary alicyclic amines) is 1. The maximum atomic E-state index is 5.86. The number of nitrogens with one attached hydrogen (secondary N) is 1. The molecule has 2 unspecified atom stereocenters. The van der Waals surface area contributed by atoms with Crippen LogP contribution in [0.3, 0.4) is 0 Å². The van der Waals surface area contributed by atoms with Crippen LogP contribution in [0, 0.1) is 0 Å². The fourth-order valence-corrected chi connectivity index (χ4v) is 3.01. The minimum Gasteiger partial charge on any atom is -0.372 e. The molecule has 6 nitrogen and oxygen atoms in total. The summed E-state index contributed by atoms with van der Waals surface area (Å²) in [6.07, 6.45) is 5.44. The first kappa shape index (κ1) is 14.9. The van der Waals surface area contributed by atoms with Crippen molar-refractivity contribution in [2.45, 2.75) is 64.4 Å². The van der Waals surface area contributed by atoms with E-state index in [1.807, 2.05) is 10.9 Å². The Morgan fingerprint density at radius 3 is 2.62 bits per heavy atom. The van der Waals surface area contributed by atoms with Crippen molar-refractivity contribution < 1.29 is 4.74 Å². The van der Waals surface area contributed by atoms with Crippen LogP contribution < -0.4 is 5.32 Å². The van der Waals surface area contributed by atoms with Crippen LogP contribution in [0.4, 0.5) is 0 Å². The van der Waals surface area contributed by atoms with Gasteiger partial charge < -0.3 is 10.1 Å². The van der Waals surface area contributed by atoms with E-state index < -0.39 is 0 Å². The van der Waals surface area contributed by atoms with Crippen molar-refractivity contribution in [2.24, 2.45) is 0 Å². The highest BCUT2D eigenvalue weighted by Gasteiger charge is 2.33. The molecule has 3 rings (SSSR count). The Morgan fingerprint density at radius 1 is 1.24 bits per heavy atom. The van der Waals surface area contributed by atoms with Gasteiger partial charge in [0, 0.05) is 37.9 Å². The largest absolute Gasteiger partial charge is 0.372 e. The van der Waals surface area contributed by atoms with E-state index >= 15 is 0 Å². The van der Waals surface area contributed by atoms with Crippen LogP contribution in [-0.4, -0.2) is 57.3 Å². The number of rotatable bonds is 5. The molecule has 1 aromatic rings. The fraction of sp³-hybridized carbons (Fsp3) is 0.867. The third kappa shape index (κ3) is 4.25. The van der Waals surface area contributed by atoms with Crippen molar-refractivity contribution in [1.29, 1.82) is 0 Å². The van der Waals surface area contributed by atoms with Crippen LogP contribution >= 0.6 is 0 Å². The molecule has 0 radical (unpaired) electrons. The van der Waals surface area contributed by atoms with E-state index in [1.54, 1.807) is 0 Å². The zero-order valence-corrected chi connectivity index (χ0v) is 13.4. The Kier molecular flexibility index (Phi) is 4.28. The van der Waals surface area contributed by atoms with Crippen LogP contribution in [0.1, 0.15) is 39.3 Å². The van der Waals surface area contributed by atoms with Gasteiger partial charge in [-0.15, -0.1) is 5.10 Å². The first-order valence-electron chi connectivity index (χ1n) is 8.00. The van der Waals surface area contributed by atoms with Gasteiger partial charge in [0.15, 0.2) is 0 Å². The lowest BCUT2D eigenvalue weighted by Gasteiger charge is -2.31. The van der Waals surface area contributed by atoms with Crippen LogP contribution in [0.15, 0.2) is 6.20 Å². The van der Waals surface area contributed by atoms with Crippen molar-refractivity contribution in [2.75, 3.05) is 19.6 Å². The minimum atomic E-state index is 0.108. The molecule has 2 fully saturated rings. The van der Waals surface area contributed by atoms with E-state index in [0.717, 1.165) is 38.4 Å². The van der Waals surface area contributed by atoms with E-state index in [9.17, 15) is 0 Å². The number of morpholine rings is 1. The molecule has 2 atom stereocenters. The van der Waals surface area contributed by atoms with E-state index in [-0.39, 0.29) is 5.54 Å². The third-order valence-corrected chi connectivity index (χ3v) is 4.15. The summed E-state index contributed by atoms with van der Waals surface area (Å²) in [6.45, 7) is 11.3. The molecule has 1 N–H and O–H groups in total. The van der Waals surface area contributed by atoms with Gasteiger partial charge in [0.05, 0.1) is 24.4 Å². The smallest absolute Gasteiger partial charge is 0.0965 e. The Bertz CT molecular complexity index is 455. The maximum Gasteiger partial charge on any atom is 0.0965 e. The summed E-state index contributed by atoms with van der Waals surface area (Å²) < 4.78 is 7.82. The van der Waals surface area contributed by atoms with Crippen LogP contribution in [0.25, 0.3) is 0 Å². The zero-order chi connectivity index (χ0) is 14.9. The van der Waals surface area contributed by atoms with Crippen molar-refractivity contribution in [3.8, 4) is 0 Å². The van der Waals surface area contributed by atoms with Crippen molar-refractivity contribution in [3.05, 3.63) is 11.9 Å². The number of hydrogen-bond acceptors (Lipinski definition) is 5. The van der Waals surface area contributed by atoms with Crippen LogP contribution in [-0.2, 0) is 17.8 Å². The molecule has 2 aliphatic heterocycles. The van der Waals surface area contributed by atoms with Gasteiger partial charge in [0.2, 0.25) is 0 Å². The minimum absolute atomic E-state index is 0.108. The van der Waals surface area contributed by atoms with Gasteiger partial charge in [-0.2, -0.15) is 0 Å². The Balaban J connectivity index is 1.44. The lowest BCUT2D eigenvalue weighted by molar-refractivity contribution is -0.0392. The molecule has 0 amide bonds. The van der Waals surface area contributed by atoms with Gasteiger partial charge in [0.1, 0.15) is 0 Å². The molecule has 21 heavy (non-hydrogen) atoms. The molecule has 1 aromatic heterocycles. The van der Waals surface area contributed by atoms with E-state index in [2.05, 4.69) is 41.3 Å². The summed E-state index contributed by atoms with van der Waals surface area (Å²) in [5, 5.41) is 11.9. The second-order valence-electron chi connectivity index (χ2n) is 7.29. The number of hydrogen-bond donors (Lipinski definition) is 1. The molecule has 118 valence electrons. The molecule has 2 aliphatic rings. The number of ether oxygens (including phenoxy) is 1. The molecule has 0 spiro atoms. The van der Waals surface area contributed by atoms with Crippen LogP contribution in [0.5, 0.6) is 0 Å². The highest BCUT2D eigenvalue weighted by molar-refractivity contribution is 4.93. The summed E-state index contributed by atoms with van der Waals surface area (Å²) in [7, 11) is 0. The quantitative estimate of drug-likeness (QED) is 0.879. The summed E-state index contributed by atoms with van der Waals surface area (Å²) in [5.41, 5.74) is 1.11. The number of nitrogens with zero attached hydrogens (tertiary/aromatic N) is 4. The molecule has 0 saturated carbocycles. The first-order chi connectivity index (χ1) is 9.98. The Labute approximate surface area is 126 Å². The first-order valence-corrected chi connectivity index (χ1v) is 8.00. The SMILES string of the molecule is CC(C)(C)NCc1cn(CCN2CC3CCC(C2)O3)nn1. The second-order valence-corrected chi connectivity index (χ2v) is 7.29. The predicted molar refractivity (Wildman–Crippen MR) is 80.9 cm³/mol. The van der Waals surface area contributed by atoms with E-state index in [1.165, 1.54) is 12.8 Å². The summed E-state index contributed by atoms with van der Waals surface area (Å²) in [4.78, 5) is 2.50. The van der Waals surface area contributed by atoms with Crippen molar-refractivity contribution in [1.82, 2.24) is 25.2 Å². The zero-order valence-electron chi connectivity index (χ0n) is 13.4. The van der Waals surface area contributed by atoms with Gasteiger partial charge >= 0.3 is 0 Å². The van der Waals surface area contributed by atoms with Gasteiger partial charge in [-0.3, -0.25) is 9.58 Å². The normalized spacial score (nSPS) is 26.4. The van der Waals surface area contributed by atoms with Crippen molar-refractivity contribution in [3.63, 3.8) is 0 Å². The van der Waals surface area contributed by atoms with Crippen molar-refractivity contribution >= 4 is 0 Å². The summed E-state index contributed by atoms with van der Waals surface area (Å²) >= 11 is 0. The third-order valence-electron chi connectivity index (χ3n) is 4.15. The molecular weight excluding hydrogens is 266 g/mol. The monoisotopic (exact) mass is 293 g/mol. The molecule has 3 heterocycles. The second kappa shape index (κ2) is 6.02. The number of fused-ring (bicyclic) bond motifs is 2. The summed E-state index contributed by atoms with van der Waals surface area (Å²) in [5.74, 6) is 0. The lowest BCUT2D eigenvalue weighted by Crippen LogP contribution is -2.43. The highest BCUT2D eigenvalue weighted by atomic mass is 16.5. The van der Waals surface area contributed by atoms with E-state index in [4.69, 9.17) is 4.74 Å². The van der Waals surface area contributed by atoms with E-state index in [0.29, 0.717) is 12.2 Å². The predicted octanol–water partition coefficient (Wildman–Crippen LogP) is 1.03. The van der Waals surface area contributed by atoms with Gasteiger partial charge in [-0.05, 0) is 33.6 Å². The Morgan fingerprint density at radius 2 is 1.95 bits per heavy atom. The molecule has 2 bridgehead atoms. The van der Waals surface area contributed by atoms with Crippen LogP contribution in [0.2, 0.25) is 0 Å². The maximum absolute atomic E-state index is 5.86. The summed E-state index contributed by atoms with van der Waals surface area (Å²) in [6, 6.07) is 0. The standard InChI is InChI=1S/C15H27N5O/c1-15(2,3)16-8-12-9-20(18-17-12)7-6-19-10-13-4-5-14(11-19)21-13/h9,13-14,16H,4-8,10-11H2,1-3H3. The Hall–Kier alpha value is -0.980. The molecule has 0 aromatic carbocycles. The molecule has 6 heteroatoms. The number of aromatic nitrogens is 3. The van der Waals surface area contributed by atoms with Gasteiger partial charge in [-0.25, -0.2) is 0 Å². The average Bonchev–Trinajstić information content (AvgIpc) is 3.00. The fourth-order valence-electron chi connectivity index (χ4n) is 3.01. The lowest BCUT2D eigenvalue weighted by atomic mass is 10.1. The van der Waals surface area contributed by atoms with Gasteiger partial charge in [0.25, 0.3) is 0 Å². The van der Waals surface area contributed by atoms with Gasteiger partial charge in [-0.1, -0.05) is 5.21 Å². The molecule has 0 aliphatic carbocycles. The molecule has 2 saturated heterocycles. The average molecular weight is 293 g/mol.